The van der Waals surface area contributed by atoms with Gasteiger partial charge in [0.1, 0.15) is 5.75 Å². The molecule has 0 bridgehead atoms. The van der Waals surface area contributed by atoms with Crippen LogP contribution in [-0.4, -0.2) is 56.3 Å². The number of carbonyl (C=O) groups excluding carboxylic acids is 4. The van der Waals surface area contributed by atoms with Crippen LogP contribution < -0.4 is 5.43 Å². The molecule has 3 aromatic rings. The molecule has 1 saturated carbocycles. The SMILES string of the molecule is C=CCc1cccc(C2C3=CCC4C(=O)N(CCCCCC(=O)O)C(=O)C4C3CC3C(=O)N(Nc4ccc(C)cc4)C(=O)C32c2ccccc2)c1O. The molecule has 4 amide bonds. The minimum atomic E-state index is -1.48. The number of anilines is 1. The summed E-state index contributed by atoms with van der Waals surface area (Å²) in [5.74, 6) is -5.98. The minimum Gasteiger partial charge on any atom is -0.507 e. The first-order chi connectivity index (χ1) is 25.1. The molecule has 0 aromatic heterocycles. The molecule has 4 aliphatic rings. The average molecular weight is 702 g/mol. The van der Waals surface area contributed by atoms with E-state index in [1.807, 2.05) is 61.5 Å². The number of aliphatic carboxylic acids is 1. The summed E-state index contributed by atoms with van der Waals surface area (Å²) >= 11 is 0. The molecule has 0 spiro atoms. The minimum absolute atomic E-state index is 0.00661. The monoisotopic (exact) mass is 701 g/mol. The molecule has 6 unspecified atom stereocenters. The maximum atomic E-state index is 15.3. The van der Waals surface area contributed by atoms with Crippen molar-refractivity contribution in [2.75, 3.05) is 12.0 Å². The second kappa shape index (κ2) is 13.9. The van der Waals surface area contributed by atoms with E-state index >= 15 is 4.79 Å². The van der Waals surface area contributed by atoms with Crippen LogP contribution in [0.3, 0.4) is 0 Å². The number of carbonyl (C=O) groups is 5. The maximum Gasteiger partial charge on any atom is 0.303 e. The molecule has 3 aromatic carbocycles. The summed E-state index contributed by atoms with van der Waals surface area (Å²) in [7, 11) is 0. The van der Waals surface area contributed by atoms with Crippen LogP contribution in [0, 0.1) is 30.6 Å². The molecule has 3 fully saturated rings. The highest BCUT2D eigenvalue weighted by atomic mass is 16.4. The number of amides is 4. The lowest BCUT2D eigenvalue weighted by atomic mass is 9.49. The van der Waals surface area contributed by atoms with E-state index in [-0.39, 0.29) is 43.4 Å². The Balaban J connectivity index is 1.36. The van der Waals surface area contributed by atoms with Gasteiger partial charge in [-0.25, -0.2) is 0 Å². The van der Waals surface area contributed by atoms with Crippen molar-refractivity contribution >= 4 is 35.3 Å². The zero-order chi connectivity index (χ0) is 36.7. The first kappa shape index (κ1) is 34.9. The largest absolute Gasteiger partial charge is 0.507 e. The van der Waals surface area contributed by atoms with Crippen LogP contribution in [0.4, 0.5) is 5.69 Å². The fourth-order valence-electron chi connectivity index (χ4n) is 9.26. The summed E-state index contributed by atoms with van der Waals surface area (Å²) in [5, 5.41) is 22.1. The van der Waals surface area contributed by atoms with Gasteiger partial charge in [-0.15, -0.1) is 6.58 Å². The first-order valence-electron chi connectivity index (χ1n) is 18.0. The molecule has 3 N–H and O–H groups in total. The molecular formula is C42H43N3O7. The first-order valence-corrected chi connectivity index (χ1v) is 18.0. The number of phenols is 1. The van der Waals surface area contributed by atoms with Crippen LogP contribution in [0.15, 0.2) is 97.1 Å². The number of allylic oxidation sites excluding steroid dienone is 3. The van der Waals surface area contributed by atoms with Gasteiger partial charge in [0.25, 0.3) is 11.8 Å². The van der Waals surface area contributed by atoms with E-state index in [0.29, 0.717) is 48.1 Å². The molecule has 52 heavy (non-hydrogen) atoms. The van der Waals surface area contributed by atoms with Crippen molar-refractivity contribution in [3.63, 3.8) is 0 Å². The summed E-state index contributed by atoms with van der Waals surface area (Å²) < 4.78 is 0. The standard InChI is InChI=1S/C42H43N3O7/c1-3-11-26-12-10-15-31(37(26)48)36-29-21-22-30-35(40(51)44(38(30)49)23-9-5-8-16-34(46)47)32(29)24-33-39(50)45(43-28-19-17-25(2)18-20-28)41(52)42(33,36)27-13-6-4-7-14-27/h3-4,6-7,10,12-15,17-21,30,32-33,35-36,43,48H,1,5,8-9,11,16,22-24H2,2H3,(H,46,47). The summed E-state index contributed by atoms with van der Waals surface area (Å²) in [6.45, 7) is 6.00. The molecule has 7 rings (SSSR count). The van der Waals surface area contributed by atoms with E-state index in [9.17, 15) is 24.3 Å². The number of fused-ring (bicyclic) bond motifs is 4. The Morgan fingerprint density at radius 3 is 2.38 bits per heavy atom. The number of carboxylic acid groups (broad SMARTS) is 1. The number of nitrogens with one attached hydrogen (secondary N) is 1. The maximum absolute atomic E-state index is 15.3. The van der Waals surface area contributed by atoms with Crippen molar-refractivity contribution in [3.05, 3.63) is 119 Å². The smallest absolute Gasteiger partial charge is 0.303 e. The number of para-hydroxylation sites is 1. The van der Waals surface area contributed by atoms with Crippen LogP contribution >= 0.6 is 0 Å². The Morgan fingerprint density at radius 1 is 0.923 bits per heavy atom. The van der Waals surface area contributed by atoms with Gasteiger partial charge in [0.15, 0.2) is 0 Å². The van der Waals surface area contributed by atoms with E-state index in [1.165, 1.54) is 4.90 Å². The van der Waals surface area contributed by atoms with E-state index in [4.69, 9.17) is 5.11 Å². The Hall–Kier alpha value is -5.51. The van der Waals surface area contributed by atoms with Crippen molar-refractivity contribution in [2.45, 2.75) is 63.2 Å². The fourth-order valence-corrected chi connectivity index (χ4v) is 9.26. The summed E-state index contributed by atoms with van der Waals surface area (Å²) in [6.07, 6.45) is 6.03. The van der Waals surface area contributed by atoms with Crippen LogP contribution in [-0.2, 0) is 35.8 Å². The Labute approximate surface area is 302 Å². The summed E-state index contributed by atoms with van der Waals surface area (Å²) in [5.41, 5.74) is 5.70. The molecule has 10 nitrogen and oxygen atoms in total. The van der Waals surface area contributed by atoms with Gasteiger partial charge in [0.2, 0.25) is 11.8 Å². The van der Waals surface area contributed by atoms with Crippen molar-refractivity contribution < 1.29 is 34.2 Å². The molecular weight excluding hydrogens is 658 g/mol. The van der Waals surface area contributed by atoms with Gasteiger partial charge in [0.05, 0.1) is 28.9 Å². The van der Waals surface area contributed by atoms with Crippen molar-refractivity contribution in [1.29, 1.82) is 0 Å². The lowest BCUT2D eigenvalue weighted by Gasteiger charge is -2.50. The average Bonchev–Trinajstić information content (AvgIpc) is 3.51. The van der Waals surface area contributed by atoms with Gasteiger partial charge in [-0.2, -0.15) is 5.01 Å². The number of hydrogen-bond donors (Lipinski definition) is 3. The summed E-state index contributed by atoms with van der Waals surface area (Å²) in [4.78, 5) is 70.5. The number of carboxylic acids is 1. The molecule has 2 heterocycles. The second-order valence-corrected chi connectivity index (χ2v) is 14.5. The van der Waals surface area contributed by atoms with Gasteiger partial charge in [-0.1, -0.05) is 90.4 Å². The normalized spacial score (nSPS) is 26.5. The number of imide groups is 2. The van der Waals surface area contributed by atoms with E-state index in [0.717, 1.165) is 16.1 Å². The third kappa shape index (κ3) is 5.61. The third-order valence-electron chi connectivity index (χ3n) is 11.6. The van der Waals surface area contributed by atoms with E-state index in [2.05, 4.69) is 12.0 Å². The van der Waals surface area contributed by atoms with Gasteiger partial charge < -0.3 is 10.2 Å². The number of aromatic hydroxyl groups is 1. The third-order valence-corrected chi connectivity index (χ3v) is 11.6. The number of nitrogens with zero attached hydrogens (tertiary/aromatic N) is 2. The Bertz CT molecular complexity index is 1970. The quantitative estimate of drug-likeness (QED) is 0.118. The Morgan fingerprint density at radius 2 is 1.67 bits per heavy atom. The number of benzene rings is 3. The number of phenolic OH excluding ortho intramolecular Hbond substituents is 1. The van der Waals surface area contributed by atoms with E-state index < -0.39 is 52.8 Å². The molecule has 2 aliphatic carbocycles. The number of hydrogen-bond acceptors (Lipinski definition) is 7. The second-order valence-electron chi connectivity index (χ2n) is 14.5. The zero-order valence-electron chi connectivity index (χ0n) is 29.2. The highest BCUT2D eigenvalue weighted by molar-refractivity contribution is 6.13. The van der Waals surface area contributed by atoms with Crippen molar-refractivity contribution in [1.82, 2.24) is 9.91 Å². The number of unbranched alkanes of at least 4 members (excludes halogenated alkanes) is 2. The van der Waals surface area contributed by atoms with Gasteiger partial charge in [-0.05, 0) is 68.2 Å². The number of likely N-dealkylation sites (tertiary alicyclic amines) is 1. The molecule has 10 heteroatoms. The number of hydrazine groups is 1. The van der Waals surface area contributed by atoms with Gasteiger partial charge in [0, 0.05) is 24.4 Å². The zero-order valence-corrected chi connectivity index (χ0v) is 29.2. The van der Waals surface area contributed by atoms with Crippen molar-refractivity contribution in [2.24, 2.45) is 23.7 Å². The predicted molar refractivity (Wildman–Crippen MR) is 194 cm³/mol. The van der Waals surface area contributed by atoms with Gasteiger partial charge in [-0.3, -0.25) is 34.3 Å². The molecule has 0 radical (unpaired) electrons. The topological polar surface area (TPSA) is 144 Å². The highest BCUT2D eigenvalue weighted by Gasteiger charge is 2.70. The Kier molecular flexibility index (Phi) is 9.33. The fraction of sp³-hybridized carbons (Fsp3) is 0.357. The molecule has 6 atom stereocenters. The summed E-state index contributed by atoms with van der Waals surface area (Å²) in [6, 6.07) is 22.1. The van der Waals surface area contributed by atoms with Crippen LogP contribution in [0.1, 0.15) is 66.7 Å². The number of rotatable bonds is 12. The van der Waals surface area contributed by atoms with Crippen LogP contribution in [0.2, 0.25) is 0 Å². The predicted octanol–water partition coefficient (Wildman–Crippen LogP) is 6.06. The molecule has 268 valence electrons. The van der Waals surface area contributed by atoms with Crippen LogP contribution in [0.5, 0.6) is 5.75 Å². The van der Waals surface area contributed by atoms with Gasteiger partial charge >= 0.3 is 5.97 Å². The highest BCUT2D eigenvalue weighted by Crippen LogP contribution is 2.65. The lowest BCUT2D eigenvalue weighted by Crippen LogP contribution is -2.53. The van der Waals surface area contributed by atoms with Crippen LogP contribution in [0.25, 0.3) is 0 Å². The van der Waals surface area contributed by atoms with E-state index in [1.54, 1.807) is 30.3 Å². The number of aryl methyl sites for hydroxylation is 1. The molecule has 2 saturated heterocycles. The molecule has 2 aliphatic heterocycles. The van der Waals surface area contributed by atoms with Crippen molar-refractivity contribution in [3.8, 4) is 5.75 Å². The lowest BCUT2D eigenvalue weighted by molar-refractivity contribution is -0.141.